The molecule has 0 bridgehead atoms. The van der Waals surface area contributed by atoms with Crippen molar-refractivity contribution in [2.45, 2.75) is 25.2 Å². The maximum Gasteiger partial charge on any atom is 0.416 e. The number of halogens is 3. The smallest absolute Gasteiger partial charge is 0.355 e. The van der Waals surface area contributed by atoms with E-state index in [2.05, 4.69) is 19.8 Å². The topological polar surface area (TPSA) is 35.5 Å². The Morgan fingerprint density at radius 1 is 1.15 bits per heavy atom. The van der Waals surface area contributed by atoms with Gasteiger partial charge in [-0.2, -0.15) is 18.2 Å². The highest BCUT2D eigenvalue weighted by Gasteiger charge is 2.34. The third-order valence-electron chi connectivity index (χ3n) is 4.90. The Morgan fingerprint density at radius 2 is 1.89 bits per heavy atom. The zero-order valence-electron chi connectivity index (χ0n) is 15.7. The van der Waals surface area contributed by atoms with Crippen LogP contribution in [-0.2, 0) is 12.7 Å². The van der Waals surface area contributed by atoms with Crippen molar-refractivity contribution in [2.24, 2.45) is 0 Å². The van der Waals surface area contributed by atoms with Crippen LogP contribution < -0.4 is 9.80 Å². The standard InChI is InChI=1S/C19H24F3N5/c1-25(2)18-23-10-8-17(24-18)26(3)15-9-11-27(13-15)12-14-6-4-5-7-16(14)19(20,21)22/h4-8,10,15H,9,11-13H2,1-3H3. The molecule has 0 aliphatic carbocycles. The van der Waals surface area contributed by atoms with Crippen LogP contribution in [0.25, 0.3) is 0 Å². The van der Waals surface area contributed by atoms with E-state index in [1.807, 2.05) is 32.1 Å². The Balaban J connectivity index is 1.68. The minimum atomic E-state index is -4.32. The van der Waals surface area contributed by atoms with Gasteiger partial charge in [-0.1, -0.05) is 18.2 Å². The average molecular weight is 379 g/mol. The molecule has 1 atom stereocenters. The molecular weight excluding hydrogens is 355 g/mol. The van der Waals surface area contributed by atoms with Crippen LogP contribution in [0, 0.1) is 0 Å². The first-order chi connectivity index (χ1) is 12.8. The van der Waals surface area contributed by atoms with E-state index < -0.39 is 11.7 Å². The highest BCUT2D eigenvalue weighted by atomic mass is 19.4. The molecule has 1 saturated heterocycles. The molecular formula is C19H24F3N5. The summed E-state index contributed by atoms with van der Waals surface area (Å²) < 4.78 is 39.6. The third-order valence-corrected chi connectivity index (χ3v) is 4.90. The van der Waals surface area contributed by atoms with Crippen LogP contribution in [0.2, 0.25) is 0 Å². The lowest BCUT2D eigenvalue weighted by molar-refractivity contribution is -0.138. The minimum Gasteiger partial charge on any atom is -0.355 e. The lowest BCUT2D eigenvalue weighted by Gasteiger charge is -2.27. The monoisotopic (exact) mass is 379 g/mol. The number of benzene rings is 1. The number of hydrogen-bond acceptors (Lipinski definition) is 5. The predicted molar refractivity (Wildman–Crippen MR) is 99.9 cm³/mol. The van der Waals surface area contributed by atoms with Gasteiger partial charge in [-0.25, -0.2) is 4.98 Å². The van der Waals surface area contributed by atoms with Crippen molar-refractivity contribution >= 4 is 11.8 Å². The normalized spacial score (nSPS) is 17.9. The highest BCUT2D eigenvalue weighted by Crippen LogP contribution is 2.33. The van der Waals surface area contributed by atoms with E-state index >= 15 is 0 Å². The van der Waals surface area contributed by atoms with Gasteiger partial charge in [0.05, 0.1) is 5.56 Å². The van der Waals surface area contributed by atoms with Gasteiger partial charge >= 0.3 is 6.18 Å². The number of anilines is 2. The Labute approximate surface area is 157 Å². The lowest BCUT2D eigenvalue weighted by Crippen LogP contribution is -2.35. The van der Waals surface area contributed by atoms with Crippen LogP contribution in [0.1, 0.15) is 17.5 Å². The molecule has 3 rings (SSSR count). The van der Waals surface area contributed by atoms with Crippen molar-refractivity contribution in [3.05, 3.63) is 47.7 Å². The molecule has 0 saturated carbocycles. The predicted octanol–water partition coefficient (Wildman–Crippen LogP) is 3.27. The number of likely N-dealkylation sites (N-methyl/N-ethyl adjacent to an activating group) is 1. The molecule has 1 unspecified atom stereocenters. The fourth-order valence-corrected chi connectivity index (χ4v) is 3.39. The van der Waals surface area contributed by atoms with Gasteiger partial charge in [0.15, 0.2) is 0 Å². The van der Waals surface area contributed by atoms with Gasteiger partial charge in [-0.3, -0.25) is 4.90 Å². The van der Waals surface area contributed by atoms with Gasteiger partial charge in [-0.05, 0) is 24.1 Å². The quantitative estimate of drug-likeness (QED) is 0.797. The van der Waals surface area contributed by atoms with Crippen LogP contribution in [0.15, 0.2) is 36.5 Å². The van der Waals surface area contributed by atoms with Crippen molar-refractivity contribution in [3.63, 3.8) is 0 Å². The van der Waals surface area contributed by atoms with Gasteiger partial charge < -0.3 is 9.80 Å². The zero-order valence-corrected chi connectivity index (χ0v) is 15.7. The summed E-state index contributed by atoms with van der Waals surface area (Å²) in [5.74, 6) is 1.45. The summed E-state index contributed by atoms with van der Waals surface area (Å²) in [6, 6.07) is 7.87. The fourth-order valence-electron chi connectivity index (χ4n) is 3.39. The van der Waals surface area contributed by atoms with Crippen LogP contribution in [-0.4, -0.2) is 55.1 Å². The number of alkyl halides is 3. The Bertz CT molecular complexity index is 778. The van der Waals surface area contributed by atoms with Gasteiger partial charge in [0.2, 0.25) is 5.95 Å². The molecule has 0 N–H and O–H groups in total. The average Bonchev–Trinajstić information content (AvgIpc) is 3.09. The second kappa shape index (κ2) is 7.72. The summed E-state index contributed by atoms with van der Waals surface area (Å²) in [5.41, 5.74) is -0.224. The SMILES string of the molecule is CN(C)c1nccc(N(C)C2CCN(Cc3ccccc3C(F)(F)F)C2)n1. The summed E-state index contributed by atoms with van der Waals surface area (Å²) in [6.07, 6.45) is -1.72. The first-order valence-corrected chi connectivity index (χ1v) is 8.86. The molecule has 0 spiro atoms. The molecule has 0 radical (unpaired) electrons. The summed E-state index contributed by atoms with van der Waals surface area (Å²) in [4.78, 5) is 14.8. The van der Waals surface area contributed by atoms with E-state index in [4.69, 9.17) is 0 Å². The first-order valence-electron chi connectivity index (χ1n) is 8.86. The van der Waals surface area contributed by atoms with Gasteiger partial charge in [0.1, 0.15) is 5.82 Å². The van der Waals surface area contributed by atoms with Crippen LogP contribution >= 0.6 is 0 Å². The molecule has 5 nitrogen and oxygen atoms in total. The van der Waals surface area contributed by atoms with Gasteiger partial charge in [0, 0.05) is 53.0 Å². The van der Waals surface area contributed by atoms with Crippen molar-refractivity contribution < 1.29 is 13.2 Å². The van der Waals surface area contributed by atoms with Crippen LogP contribution in [0.5, 0.6) is 0 Å². The molecule has 2 heterocycles. The summed E-state index contributed by atoms with van der Waals surface area (Å²) in [6.45, 7) is 1.75. The summed E-state index contributed by atoms with van der Waals surface area (Å²) in [5, 5.41) is 0. The molecule has 8 heteroatoms. The van der Waals surface area contributed by atoms with E-state index in [9.17, 15) is 13.2 Å². The highest BCUT2D eigenvalue weighted by molar-refractivity contribution is 5.43. The van der Waals surface area contributed by atoms with E-state index in [1.165, 1.54) is 6.07 Å². The Kier molecular flexibility index (Phi) is 5.55. The molecule has 146 valence electrons. The zero-order chi connectivity index (χ0) is 19.6. The van der Waals surface area contributed by atoms with E-state index in [0.717, 1.165) is 24.8 Å². The number of likely N-dealkylation sites (tertiary alicyclic amines) is 1. The number of aromatic nitrogens is 2. The molecule has 1 aliphatic heterocycles. The Hall–Kier alpha value is -2.35. The molecule has 2 aromatic rings. The Morgan fingerprint density at radius 3 is 2.59 bits per heavy atom. The van der Waals surface area contributed by atoms with Crippen LogP contribution in [0.4, 0.5) is 24.9 Å². The van der Waals surface area contributed by atoms with Crippen molar-refractivity contribution in [2.75, 3.05) is 44.0 Å². The fraction of sp³-hybridized carbons (Fsp3) is 0.474. The molecule has 1 aromatic heterocycles. The maximum atomic E-state index is 13.2. The minimum absolute atomic E-state index is 0.202. The second-order valence-electron chi connectivity index (χ2n) is 7.05. The number of rotatable bonds is 5. The number of hydrogen-bond donors (Lipinski definition) is 0. The van der Waals surface area contributed by atoms with Crippen molar-refractivity contribution in [3.8, 4) is 0 Å². The summed E-state index contributed by atoms with van der Waals surface area (Å²) in [7, 11) is 5.74. The van der Waals surface area contributed by atoms with Crippen molar-refractivity contribution in [1.82, 2.24) is 14.9 Å². The second-order valence-corrected chi connectivity index (χ2v) is 7.05. The van der Waals surface area contributed by atoms with Gasteiger partial charge in [-0.15, -0.1) is 0 Å². The molecule has 1 fully saturated rings. The number of nitrogens with zero attached hydrogens (tertiary/aromatic N) is 5. The van der Waals surface area contributed by atoms with Crippen LogP contribution in [0.3, 0.4) is 0 Å². The third kappa shape index (κ3) is 4.50. The lowest BCUT2D eigenvalue weighted by atomic mass is 10.1. The molecule has 0 amide bonds. The first kappa shape index (κ1) is 19.4. The van der Waals surface area contributed by atoms with Crippen molar-refractivity contribution in [1.29, 1.82) is 0 Å². The van der Waals surface area contributed by atoms with E-state index in [-0.39, 0.29) is 6.04 Å². The molecule has 1 aromatic carbocycles. The molecule has 1 aliphatic rings. The molecule has 27 heavy (non-hydrogen) atoms. The van der Waals surface area contributed by atoms with E-state index in [1.54, 1.807) is 18.3 Å². The summed E-state index contributed by atoms with van der Waals surface area (Å²) >= 11 is 0. The maximum absolute atomic E-state index is 13.2. The largest absolute Gasteiger partial charge is 0.416 e. The van der Waals surface area contributed by atoms with Gasteiger partial charge in [0.25, 0.3) is 0 Å². The van der Waals surface area contributed by atoms with E-state index in [0.29, 0.717) is 24.6 Å².